The zero-order valence-electron chi connectivity index (χ0n) is 14.9. The van der Waals surface area contributed by atoms with E-state index in [1.165, 1.54) is 0 Å². The molecule has 0 spiro atoms. The van der Waals surface area contributed by atoms with Gasteiger partial charge in [-0.3, -0.25) is 9.59 Å². The van der Waals surface area contributed by atoms with Gasteiger partial charge in [0, 0.05) is 23.5 Å². The van der Waals surface area contributed by atoms with Crippen LogP contribution in [0.3, 0.4) is 0 Å². The minimum atomic E-state index is -1.17. The Bertz CT molecular complexity index is 698. The maximum atomic E-state index is 12.7. The van der Waals surface area contributed by atoms with Crippen LogP contribution in [-0.4, -0.2) is 41.2 Å². The van der Waals surface area contributed by atoms with Crippen molar-refractivity contribution < 1.29 is 19.5 Å². The van der Waals surface area contributed by atoms with Gasteiger partial charge < -0.3 is 15.3 Å². The number of benzene rings is 1. The molecule has 1 saturated heterocycles. The van der Waals surface area contributed by atoms with Crippen LogP contribution in [-0.2, 0) is 14.4 Å². The highest BCUT2D eigenvalue weighted by Gasteiger charge is 2.44. The van der Waals surface area contributed by atoms with Crippen molar-refractivity contribution in [3.05, 3.63) is 24.3 Å². The van der Waals surface area contributed by atoms with Crippen LogP contribution in [0.1, 0.15) is 38.5 Å². The van der Waals surface area contributed by atoms with Crippen LogP contribution in [0.25, 0.3) is 0 Å². The van der Waals surface area contributed by atoms with E-state index in [0.29, 0.717) is 19.4 Å². The number of amides is 2. The second-order valence-electron chi connectivity index (χ2n) is 7.04. The summed E-state index contributed by atoms with van der Waals surface area (Å²) in [7, 11) is 0. The normalized spacial score (nSPS) is 22.3. The Morgan fingerprint density at radius 3 is 2.42 bits per heavy atom. The van der Waals surface area contributed by atoms with Gasteiger partial charge in [0.25, 0.3) is 0 Å². The molecule has 26 heavy (non-hydrogen) atoms. The molecule has 1 aromatic rings. The van der Waals surface area contributed by atoms with E-state index in [0.717, 1.165) is 29.8 Å². The summed E-state index contributed by atoms with van der Waals surface area (Å²) in [5, 5.41) is 12.4. The fraction of sp³-hybridized carbons (Fsp3) is 0.526. The first-order chi connectivity index (χ1) is 12.4. The molecule has 2 aliphatic rings. The molecule has 7 heteroatoms. The predicted molar refractivity (Wildman–Crippen MR) is 100 cm³/mol. The van der Waals surface area contributed by atoms with Crippen molar-refractivity contribution in [3.8, 4) is 0 Å². The van der Waals surface area contributed by atoms with Crippen molar-refractivity contribution in [2.24, 2.45) is 5.92 Å². The Balaban J connectivity index is 1.69. The highest BCUT2D eigenvalue weighted by molar-refractivity contribution is 7.98. The number of carboxylic acids is 1. The molecule has 0 bridgehead atoms. The maximum absolute atomic E-state index is 12.7. The third-order valence-electron chi connectivity index (χ3n) is 5.36. The molecule has 0 aromatic heterocycles. The van der Waals surface area contributed by atoms with Crippen molar-refractivity contribution in [2.75, 3.05) is 17.7 Å². The lowest BCUT2D eigenvalue weighted by Gasteiger charge is -2.34. The summed E-state index contributed by atoms with van der Waals surface area (Å²) in [5.74, 6) is -1.92. The van der Waals surface area contributed by atoms with E-state index >= 15 is 0 Å². The van der Waals surface area contributed by atoms with E-state index in [2.05, 4.69) is 5.32 Å². The first-order valence-corrected chi connectivity index (χ1v) is 10.2. The van der Waals surface area contributed by atoms with Gasteiger partial charge in [-0.05, 0) is 43.4 Å². The number of nitrogens with zero attached hydrogens (tertiary/aromatic N) is 1. The quantitative estimate of drug-likeness (QED) is 0.772. The number of thioether (sulfide) groups is 1. The summed E-state index contributed by atoms with van der Waals surface area (Å²) >= 11 is 1.62. The van der Waals surface area contributed by atoms with E-state index in [-0.39, 0.29) is 18.2 Å². The van der Waals surface area contributed by atoms with E-state index in [1.807, 2.05) is 30.5 Å². The van der Waals surface area contributed by atoms with Crippen LogP contribution in [0, 0.1) is 5.92 Å². The molecule has 3 rings (SSSR count). The van der Waals surface area contributed by atoms with Gasteiger partial charge in [0.2, 0.25) is 11.8 Å². The number of carboxylic acid groups (broad SMARTS) is 1. The molecule has 1 aliphatic carbocycles. The van der Waals surface area contributed by atoms with Crippen LogP contribution < -0.4 is 10.2 Å². The van der Waals surface area contributed by atoms with Crippen molar-refractivity contribution >= 4 is 35.2 Å². The van der Waals surface area contributed by atoms with E-state index < -0.39 is 17.4 Å². The molecule has 2 amide bonds. The Morgan fingerprint density at radius 1 is 1.19 bits per heavy atom. The lowest BCUT2D eigenvalue weighted by atomic mass is 9.81. The third kappa shape index (κ3) is 3.72. The van der Waals surface area contributed by atoms with Gasteiger partial charge in [0.15, 0.2) is 0 Å². The number of anilines is 1. The average Bonchev–Trinajstić information content (AvgIpc) is 3.04. The Labute approximate surface area is 157 Å². The van der Waals surface area contributed by atoms with Crippen molar-refractivity contribution in [3.63, 3.8) is 0 Å². The van der Waals surface area contributed by atoms with Gasteiger partial charge in [-0.15, -0.1) is 11.8 Å². The van der Waals surface area contributed by atoms with Gasteiger partial charge >= 0.3 is 5.97 Å². The SMILES string of the molecule is CSc1ccc(N2C[C@H](C(=O)NC3(C(=O)O)CCCCC3)CC2=O)cc1. The zero-order chi connectivity index (χ0) is 18.7. The Hall–Kier alpha value is -2.02. The second-order valence-corrected chi connectivity index (χ2v) is 7.92. The second kappa shape index (κ2) is 7.70. The van der Waals surface area contributed by atoms with Crippen LogP contribution in [0.4, 0.5) is 5.69 Å². The fourth-order valence-corrected chi connectivity index (χ4v) is 4.19. The zero-order valence-corrected chi connectivity index (χ0v) is 15.7. The molecule has 1 saturated carbocycles. The highest BCUT2D eigenvalue weighted by Crippen LogP contribution is 2.31. The number of hydrogen-bond donors (Lipinski definition) is 2. The van der Waals surface area contributed by atoms with Crippen LogP contribution in [0.15, 0.2) is 29.2 Å². The molecule has 1 atom stereocenters. The third-order valence-corrected chi connectivity index (χ3v) is 6.10. The monoisotopic (exact) mass is 376 g/mol. The van der Waals surface area contributed by atoms with Gasteiger partial charge in [-0.25, -0.2) is 4.79 Å². The number of hydrogen-bond acceptors (Lipinski definition) is 4. The summed E-state index contributed by atoms with van der Waals surface area (Å²) in [4.78, 5) is 39.5. The van der Waals surface area contributed by atoms with Crippen molar-refractivity contribution in [1.82, 2.24) is 5.32 Å². The molecule has 2 N–H and O–H groups in total. The van der Waals surface area contributed by atoms with Crippen molar-refractivity contribution in [1.29, 1.82) is 0 Å². The van der Waals surface area contributed by atoms with E-state index in [4.69, 9.17) is 0 Å². The van der Waals surface area contributed by atoms with Crippen LogP contribution >= 0.6 is 11.8 Å². The number of carbonyl (C=O) groups excluding carboxylic acids is 2. The van der Waals surface area contributed by atoms with E-state index in [1.54, 1.807) is 16.7 Å². The Kier molecular flexibility index (Phi) is 5.55. The van der Waals surface area contributed by atoms with Gasteiger partial charge in [0.05, 0.1) is 5.92 Å². The molecule has 0 unspecified atom stereocenters. The van der Waals surface area contributed by atoms with Gasteiger partial charge in [0.1, 0.15) is 5.54 Å². The average molecular weight is 376 g/mol. The number of aliphatic carboxylic acids is 1. The summed E-state index contributed by atoms with van der Waals surface area (Å²) in [6, 6.07) is 7.65. The lowest BCUT2D eigenvalue weighted by Crippen LogP contribution is -2.57. The summed E-state index contributed by atoms with van der Waals surface area (Å²) < 4.78 is 0. The van der Waals surface area contributed by atoms with Gasteiger partial charge in [-0.2, -0.15) is 0 Å². The maximum Gasteiger partial charge on any atom is 0.329 e. The minimum absolute atomic E-state index is 0.102. The highest BCUT2D eigenvalue weighted by atomic mass is 32.2. The smallest absolute Gasteiger partial charge is 0.329 e. The van der Waals surface area contributed by atoms with E-state index in [9.17, 15) is 19.5 Å². The summed E-state index contributed by atoms with van der Waals surface area (Å²) in [6.07, 6.45) is 5.59. The molecular weight excluding hydrogens is 352 g/mol. The fourth-order valence-electron chi connectivity index (χ4n) is 3.78. The molecule has 2 fully saturated rings. The van der Waals surface area contributed by atoms with Crippen molar-refractivity contribution in [2.45, 2.75) is 49.0 Å². The molecule has 0 radical (unpaired) electrons. The predicted octanol–water partition coefficient (Wildman–Crippen LogP) is 2.67. The first kappa shape index (κ1) is 18.8. The van der Waals surface area contributed by atoms with Gasteiger partial charge in [-0.1, -0.05) is 19.3 Å². The number of rotatable bonds is 5. The minimum Gasteiger partial charge on any atom is -0.480 e. The molecule has 1 heterocycles. The molecule has 140 valence electrons. The Morgan fingerprint density at radius 2 is 1.85 bits per heavy atom. The molecule has 1 aliphatic heterocycles. The molecule has 1 aromatic carbocycles. The molecule has 6 nitrogen and oxygen atoms in total. The largest absolute Gasteiger partial charge is 0.480 e. The first-order valence-electron chi connectivity index (χ1n) is 8.95. The number of nitrogens with one attached hydrogen (secondary N) is 1. The standard InChI is InChI=1S/C19H24N2O4S/c1-26-15-7-5-14(6-8-15)21-12-13(11-16(21)22)17(23)20-19(18(24)25)9-3-2-4-10-19/h5-8,13H,2-4,9-12H2,1H3,(H,20,23)(H,24,25)/t13-/m1/s1. The topological polar surface area (TPSA) is 86.7 Å². The van der Waals surface area contributed by atoms with Crippen LogP contribution in [0.5, 0.6) is 0 Å². The lowest BCUT2D eigenvalue weighted by molar-refractivity contribution is -0.149. The summed E-state index contributed by atoms with van der Waals surface area (Å²) in [6.45, 7) is 0.291. The number of carbonyl (C=O) groups is 3. The molecular formula is C19H24N2O4S. The van der Waals surface area contributed by atoms with Crippen LogP contribution in [0.2, 0.25) is 0 Å². The summed E-state index contributed by atoms with van der Waals surface area (Å²) in [5.41, 5.74) is -0.403.